The number of rotatable bonds is 2. The quantitative estimate of drug-likeness (QED) is 0.799. The molecule has 2 aromatic rings. The van der Waals surface area contributed by atoms with E-state index in [0.717, 1.165) is 0 Å². The number of hydrogen-bond donors (Lipinski definition) is 1. The van der Waals surface area contributed by atoms with E-state index in [1.54, 1.807) is 19.9 Å². The zero-order valence-corrected chi connectivity index (χ0v) is 8.63. The highest BCUT2D eigenvalue weighted by molar-refractivity contribution is 5.83. The number of nitrogens with zero attached hydrogens (tertiary/aromatic N) is 4. The number of aromatic carboxylic acids is 1. The number of hydrogen-bond acceptors (Lipinski definition) is 6. The second kappa shape index (κ2) is 3.69. The lowest BCUT2D eigenvalue weighted by atomic mass is 10.2. The average molecular weight is 220 g/mol. The van der Waals surface area contributed by atoms with Crippen LogP contribution < -0.4 is 0 Å². The summed E-state index contributed by atoms with van der Waals surface area (Å²) < 4.78 is 4.84. The molecule has 0 amide bonds. The van der Waals surface area contributed by atoms with Crippen molar-refractivity contribution in [1.82, 2.24) is 20.3 Å². The van der Waals surface area contributed by atoms with Gasteiger partial charge in [-0.25, -0.2) is 4.79 Å². The van der Waals surface area contributed by atoms with Gasteiger partial charge in [-0.15, -0.1) is 0 Å². The molecule has 0 radical (unpaired) electrons. The van der Waals surface area contributed by atoms with Gasteiger partial charge in [0.05, 0.1) is 17.0 Å². The van der Waals surface area contributed by atoms with Crippen LogP contribution in [0.15, 0.2) is 10.6 Å². The van der Waals surface area contributed by atoms with Crippen molar-refractivity contribution in [1.29, 1.82) is 0 Å². The fourth-order valence-electron chi connectivity index (χ4n) is 1.19. The molecule has 2 aromatic heterocycles. The van der Waals surface area contributed by atoms with E-state index in [4.69, 9.17) is 9.63 Å². The van der Waals surface area contributed by atoms with Crippen molar-refractivity contribution >= 4 is 5.97 Å². The lowest BCUT2D eigenvalue weighted by molar-refractivity contribution is 0.0680. The molecule has 0 unspecified atom stereocenters. The van der Waals surface area contributed by atoms with Crippen LogP contribution in [0.3, 0.4) is 0 Å². The summed E-state index contributed by atoms with van der Waals surface area (Å²) in [7, 11) is 0. The van der Waals surface area contributed by atoms with Crippen LogP contribution in [-0.4, -0.2) is 31.4 Å². The molecule has 2 heterocycles. The molecular weight excluding hydrogens is 212 g/mol. The predicted octanol–water partition coefficient (Wildman–Crippen LogP) is 0.842. The Morgan fingerprint density at radius 1 is 1.38 bits per heavy atom. The number of carbonyl (C=O) groups is 1. The first-order valence-corrected chi connectivity index (χ1v) is 4.46. The first-order valence-electron chi connectivity index (χ1n) is 4.46. The fraction of sp³-hybridized carbons (Fsp3) is 0.222. The fourth-order valence-corrected chi connectivity index (χ4v) is 1.19. The van der Waals surface area contributed by atoms with Crippen molar-refractivity contribution in [3.63, 3.8) is 0 Å². The largest absolute Gasteiger partial charge is 0.475 e. The molecule has 0 aromatic carbocycles. The summed E-state index contributed by atoms with van der Waals surface area (Å²) in [6.45, 7) is 3.50. The zero-order chi connectivity index (χ0) is 11.7. The molecule has 7 heteroatoms. The molecule has 0 saturated carbocycles. The van der Waals surface area contributed by atoms with Crippen molar-refractivity contribution in [3.8, 4) is 11.5 Å². The molecule has 0 aliphatic rings. The van der Waals surface area contributed by atoms with E-state index in [9.17, 15) is 4.79 Å². The van der Waals surface area contributed by atoms with Crippen LogP contribution in [-0.2, 0) is 0 Å². The van der Waals surface area contributed by atoms with Crippen molar-refractivity contribution in [3.05, 3.63) is 23.3 Å². The molecule has 0 aliphatic carbocycles. The van der Waals surface area contributed by atoms with Crippen LogP contribution in [0, 0.1) is 13.8 Å². The lowest BCUT2D eigenvalue weighted by Gasteiger charge is -1.98. The summed E-state index contributed by atoms with van der Waals surface area (Å²) in [4.78, 5) is 14.3. The molecule has 0 aliphatic heterocycles. The monoisotopic (exact) mass is 220 g/mol. The number of aryl methyl sites for hydroxylation is 2. The Bertz CT molecular complexity index is 549. The Hall–Kier alpha value is -2.31. The maximum Gasteiger partial charge on any atom is 0.377 e. The number of aromatic nitrogens is 4. The molecule has 0 saturated heterocycles. The second-order valence-corrected chi connectivity index (χ2v) is 3.21. The van der Waals surface area contributed by atoms with Crippen LogP contribution >= 0.6 is 0 Å². The summed E-state index contributed by atoms with van der Waals surface area (Å²) >= 11 is 0. The molecule has 0 atom stereocenters. The first-order chi connectivity index (χ1) is 7.58. The first kappa shape index (κ1) is 10.2. The topological polar surface area (TPSA) is 102 Å². The molecule has 1 N–H and O–H groups in total. The van der Waals surface area contributed by atoms with Crippen molar-refractivity contribution in [2.45, 2.75) is 13.8 Å². The Morgan fingerprint density at radius 3 is 2.75 bits per heavy atom. The highest BCUT2D eigenvalue weighted by Crippen LogP contribution is 2.19. The van der Waals surface area contributed by atoms with Crippen LogP contribution in [0.25, 0.3) is 11.5 Å². The smallest absolute Gasteiger partial charge is 0.377 e. The highest BCUT2D eigenvalue weighted by Gasteiger charge is 2.16. The van der Waals surface area contributed by atoms with Gasteiger partial charge in [-0.1, -0.05) is 0 Å². The maximum atomic E-state index is 10.6. The second-order valence-electron chi connectivity index (χ2n) is 3.21. The molecule has 0 fully saturated rings. The average Bonchev–Trinajstić information content (AvgIpc) is 2.70. The van der Waals surface area contributed by atoms with Crippen LogP contribution in [0.2, 0.25) is 0 Å². The van der Waals surface area contributed by atoms with E-state index in [2.05, 4.69) is 20.3 Å². The Kier molecular flexibility index (Phi) is 2.35. The maximum absolute atomic E-state index is 10.6. The van der Waals surface area contributed by atoms with E-state index < -0.39 is 5.97 Å². The summed E-state index contributed by atoms with van der Waals surface area (Å²) in [6.07, 6.45) is 0. The lowest BCUT2D eigenvalue weighted by Crippen LogP contribution is -1.99. The van der Waals surface area contributed by atoms with E-state index in [1.165, 1.54) is 0 Å². The van der Waals surface area contributed by atoms with Crippen molar-refractivity contribution < 1.29 is 14.4 Å². The number of carboxylic acids is 1. The van der Waals surface area contributed by atoms with Gasteiger partial charge < -0.3 is 9.63 Å². The molecule has 82 valence electrons. The van der Waals surface area contributed by atoms with Gasteiger partial charge in [0.1, 0.15) is 0 Å². The SMILES string of the molecule is Cc1cc(-c2nc(C(=O)O)no2)c(C)nn1. The van der Waals surface area contributed by atoms with Crippen molar-refractivity contribution in [2.75, 3.05) is 0 Å². The predicted molar refractivity (Wildman–Crippen MR) is 51.8 cm³/mol. The summed E-state index contributed by atoms with van der Waals surface area (Å²) in [5.41, 5.74) is 1.88. The number of carboxylic acid groups (broad SMARTS) is 1. The van der Waals surface area contributed by atoms with Crippen LogP contribution in [0.4, 0.5) is 0 Å². The van der Waals surface area contributed by atoms with E-state index in [1.807, 2.05) is 0 Å². The van der Waals surface area contributed by atoms with E-state index in [-0.39, 0.29) is 11.7 Å². The van der Waals surface area contributed by atoms with Gasteiger partial charge in [-0.2, -0.15) is 15.2 Å². The molecule has 0 bridgehead atoms. The summed E-state index contributed by atoms with van der Waals surface area (Å²) in [5.74, 6) is -1.47. The third kappa shape index (κ3) is 1.74. The standard InChI is InChI=1S/C9H8N4O3/c1-4-3-6(5(2)12-11-4)8-10-7(9(14)15)13-16-8/h3H,1-2H3,(H,14,15). The Balaban J connectivity index is 2.50. The van der Waals surface area contributed by atoms with Gasteiger partial charge in [-0.3, -0.25) is 0 Å². The van der Waals surface area contributed by atoms with Gasteiger partial charge in [0, 0.05) is 0 Å². The van der Waals surface area contributed by atoms with Crippen LogP contribution in [0.1, 0.15) is 22.0 Å². The van der Waals surface area contributed by atoms with Crippen LogP contribution in [0.5, 0.6) is 0 Å². The van der Waals surface area contributed by atoms with Crippen molar-refractivity contribution in [2.24, 2.45) is 0 Å². The summed E-state index contributed by atoms with van der Waals surface area (Å²) in [6, 6.07) is 1.71. The van der Waals surface area contributed by atoms with Gasteiger partial charge in [-0.05, 0) is 25.1 Å². The summed E-state index contributed by atoms with van der Waals surface area (Å²) in [5, 5.41) is 19.7. The minimum atomic E-state index is -1.23. The molecule has 16 heavy (non-hydrogen) atoms. The highest BCUT2D eigenvalue weighted by atomic mass is 16.5. The molecule has 7 nitrogen and oxygen atoms in total. The third-order valence-corrected chi connectivity index (χ3v) is 1.95. The third-order valence-electron chi connectivity index (χ3n) is 1.95. The van der Waals surface area contributed by atoms with Gasteiger partial charge in [0.25, 0.3) is 11.7 Å². The molecule has 2 rings (SSSR count). The molecular formula is C9H8N4O3. The van der Waals surface area contributed by atoms with E-state index in [0.29, 0.717) is 17.0 Å². The molecule has 0 spiro atoms. The van der Waals surface area contributed by atoms with E-state index >= 15 is 0 Å². The van der Waals surface area contributed by atoms with Gasteiger partial charge in [0.15, 0.2) is 0 Å². The normalized spacial score (nSPS) is 10.4. The Labute approximate surface area is 90.1 Å². The minimum absolute atomic E-state index is 0.132. The van der Waals surface area contributed by atoms with Gasteiger partial charge in [0.2, 0.25) is 0 Å². The zero-order valence-electron chi connectivity index (χ0n) is 8.63. The van der Waals surface area contributed by atoms with Gasteiger partial charge >= 0.3 is 5.97 Å². The Morgan fingerprint density at radius 2 is 2.12 bits per heavy atom. The minimum Gasteiger partial charge on any atom is -0.475 e.